The van der Waals surface area contributed by atoms with Crippen LogP contribution >= 0.6 is 11.8 Å². The molecular formula is C19H30N2O3S. The smallest absolute Gasteiger partial charge is 0.340 e. The molecule has 0 aliphatic carbocycles. The summed E-state index contributed by atoms with van der Waals surface area (Å²) in [6.45, 7) is 6.86. The van der Waals surface area contributed by atoms with Gasteiger partial charge in [-0.2, -0.15) is 0 Å². The number of ether oxygens (including phenoxy) is 1. The van der Waals surface area contributed by atoms with Gasteiger partial charge in [0, 0.05) is 13.0 Å². The summed E-state index contributed by atoms with van der Waals surface area (Å²) in [7, 11) is 0. The van der Waals surface area contributed by atoms with Crippen molar-refractivity contribution >= 4 is 23.6 Å². The van der Waals surface area contributed by atoms with E-state index in [4.69, 9.17) is 4.74 Å². The van der Waals surface area contributed by atoms with E-state index in [1.54, 1.807) is 19.1 Å². The molecule has 25 heavy (non-hydrogen) atoms. The van der Waals surface area contributed by atoms with Gasteiger partial charge >= 0.3 is 5.97 Å². The predicted molar refractivity (Wildman–Crippen MR) is 104 cm³/mol. The summed E-state index contributed by atoms with van der Waals surface area (Å²) in [6.07, 6.45) is 13.1. The Hall–Kier alpha value is -1.53. The van der Waals surface area contributed by atoms with E-state index in [1.807, 2.05) is 25.3 Å². The van der Waals surface area contributed by atoms with Crippen LogP contribution in [0.25, 0.3) is 0 Å². The number of likely N-dealkylation sites (tertiary alicyclic amines) is 1. The van der Waals surface area contributed by atoms with E-state index in [9.17, 15) is 9.59 Å². The molecule has 5 nitrogen and oxygen atoms in total. The molecule has 0 aromatic rings. The van der Waals surface area contributed by atoms with Crippen LogP contribution in [-0.2, 0) is 14.3 Å². The second-order valence-electron chi connectivity index (χ2n) is 5.75. The summed E-state index contributed by atoms with van der Waals surface area (Å²) in [5.74, 6) is -0.500. The van der Waals surface area contributed by atoms with Gasteiger partial charge in [0.1, 0.15) is 0 Å². The Morgan fingerprint density at radius 3 is 2.52 bits per heavy atom. The first-order chi connectivity index (χ1) is 12.1. The van der Waals surface area contributed by atoms with Gasteiger partial charge in [-0.3, -0.25) is 4.79 Å². The Kier molecular flexibility index (Phi) is 11.0. The van der Waals surface area contributed by atoms with Crippen LogP contribution < -0.4 is 5.32 Å². The van der Waals surface area contributed by atoms with Gasteiger partial charge in [0.15, 0.2) is 0 Å². The number of amides is 1. The SMILES string of the molecule is C/C=C/C=C/C(C(=O)OCC)=C(/NC(=O)CCN1CCCCC1)SC. The van der Waals surface area contributed by atoms with Crippen molar-refractivity contribution in [1.82, 2.24) is 10.2 Å². The topological polar surface area (TPSA) is 58.6 Å². The van der Waals surface area contributed by atoms with Crippen LogP contribution in [-0.4, -0.2) is 49.3 Å². The standard InChI is InChI=1S/C19H30N2O3S/c1-4-6-8-11-16(19(23)24-5-2)18(25-3)20-17(22)12-15-21-13-9-7-10-14-21/h4,6,8,11H,5,7,9-10,12-15H2,1-3H3,(H,20,22)/b6-4+,11-8+,18-16+. The van der Waals surface area contributed by atoms with Gasteiger partial charge < -0.3 is 15.0 Å². The van der Waals surface area contributed by atoms with Crippen molar-refractivity contribution in [2.75, 3.05) is 32.5 Å². The Balaban J connectivity index is 2.75. The van der Waals surface area contributed by atoms with Crippen LogP contribution in [0.1, 0.15) is 39.5 Å². The average molecular weight is 367 g/mol. The summed E-state index contributed by atoms with van der Waals surface area (Å²) in [6, 6.07) is 0. The lowest BCUT2D eigenvalue weighted by molar-refractivity contribution is -0.138. The van der Waals surface area contributed by atoms with Crippen molar-refractivity contribution in [1.29, 1.82) is 0 Å². The van der Waals surface area contributed by atoms with E-state index in [-0.39, 0.29) is 5.91 Å². The highest BCUT2D eigenvalue weighted by Crippen LogP contribution is 2.17. The minimum Gasteiger partial charge on any atom is -0.462 e. The molecule has 1 aliphatic heterocycles. The summed E-state index contributed by atoms with van der Waals surface area (Å²) in [5, 5.41) is 3.40. The molecule has 0 radical (unpaired) electrons. The summed E-state index contributed by atoms with van der Waals surface area (Å²) in [5.41, 5.74) is 0.374. The minimum absolute atomic E-state index is 0.0730. The summed E-state index contributed by atoms with van der Waals surface area (Å²) >= 11 is 1.34. The van der Waals surface area contributed by atoms with Crippen molar-refractivity contribution in [2.45, 2.75) is 39.5 Å². The van der Waals surface area contributed by atoms with Crippen LogP contribution in [0.5, 0.6) is 0 Å². The highest BCUT2D eigenvalue weighted by atomic mass is 32.2. The molecule has 6 heteroatoms. The summed E-state index contributed by atoms with van der Waals surface area (Å²) in [4.78, 5) is 26.8. The second-order valence-corrected chi connectivity index (χ2v) is 6.57. The van der Waals surface area contributed by atoms with Gasteiger partial charge in [-0.05, 0) is 52.1 Å². The first kappa shape index (κ1) is 21.5. The molecule has 0 saturated carbocycles. The van der Waals surface area contributed by atoms with E-state index < -0.39 is 5.97 Å². The zero-order chi connectivity index (χ0) is 18.5. The van der Waals surface area contributed by atoms with Crippen molar-refractivity contribution in [3.05, 3.63) is 34.9 Å². The number of allylic oxidation sites excluding steroid dienone is 3. The number of thioether (sulfide) groups is 1. The molecule has 0 spiro atoms. The highest BCUT2D eigenvalue weighted by Gasteiger charge is 2.17. The first-order valence-electron chi connectivity index (χ1n) is 8.89. The molecule has 0 aromatic heterocycles. The Labute approximate surface area is 155 Å². The number of carbonyl (C=O) groups is 2. The number of piperidine rings is 1. The third-order valence-electron chi connectivity index (χ3n) is 3.87. The molecule has 1 N–H and O–H groups in total. The van der Waals surface area contributed by atoms with Crippen molar-refractivity contribution in [2.24, 2.45) is 0 Å². The fourth-order valence-electron chi connectivity index (χ4n) is 2.57. The first-order valence-corrected chi connectivity index (χ1v) is 10.1. The van der Waals surface area contributed by atoms with E-state index in [2.05, 4.69) is 10.2 Å². The number of carbonyl (C=O) groups excluding carboxylic acids is 2. The van der Waals surface area contributed by atoms with Gasteiger partial charge in [-0.25, -0.2) is 4.79 Å². The fraction of sp³-hybridized carbons (Fsp3) is 0.579. The monoisotopic (exact) mass is 366 g/mol. The van der Waals surface area contributed by atoms with Crippen LogP contribution in [0.4, 0.5) is 0 Å². The van der Waals surface area contributed by atoms with E-state index in [0.29, 0.717) is 23.6 Å². The number of esters is 1. The molecule has 0 unspecified atom stereocenters. The molecular weight excluding hydrogens is 336 g/mol. The molecule has 1 rings (SSSR count). The predicted octanol–water partition coefficient (Wildman–Crippen LogP) is 3.25. The zero-order valence-corrected chi connectivity index (χ0v) is 16.4. The van der Waals surface area contributed by atoms with Gasteiger partial charge in [-0.1, -0.05) is 24.6 Å². The molecule has 0 aromatic carbocycles. The molecule has 0 atom stereocenters. The van der Waals surface area contributed by atoms with Crippen molar-refractivity contribution in [3.8, 4) is 0 Å². The lowest BCUT2D eigenvalue weighted by atomic mass is 10.1. The van der Waals surface area contributed by atoms with Crippen LogP contribution in [0.15, 0.2) is 34.9 Å². The largest absolute Gasteiger partial charge is 0.462 e. The van der Waals surface area contributed by atoms with Crippen molar-refractivity contribution in [3.63, 3.8) is 0 Å². The number of nitrogens with one attached hydrogen (secondary N) is 1. The Morgan fingerprint density at radius 1 is 1.20 bits per heavy atom. The molecule has 1 saturated heterocycles. The third kappa shape index (κ3) is 8.40. The molecule has 1 aliphatic rings. The van der Waals surface area contributed by atoms with Crippen molar-refractivity contribution < 1.29 is 14.3 Å². The van der Waals surface area contributed by atoms with E-state index in [1.165, 1.54) is 31.0 Å². The fourth-order valence-corrected chi connectivity index (χ4v) is 3.16. The van der Waals surface area contributed by atoms with Crippen LogP contribution in [0, 0.1) is 0 Å². The van der Waals surface area contributed by atoms with Gasteiger partial charge in [-0.15, -0.1) is 11.8 Å². The van der Waals surface area contributed by atoms with E-state index >= 15 is 0 Å². The van der Waals surface area contributed by atoms with Gasteiger partial charge in [0.05, 0.1) is 17.2 Å². The number of nitrogens with zero attached hydrogens (tertiary/aromatic N) is 1. The number of hydrogen-bond acceptors (Lipinski definition) is 5. The number of rotatable bonds is 9. The van der Waals surface area contributed by atoms with E-state index in [0.717, 1.165) is 19.6 Å². The van der Waals surface area contributed by atoms with Gasteiger partial charge in [0.2, 0.25) is 5.91 Å². The Morgan fingerprint density at radius 2 is 1.92 bits per heavy atom. The maximum atomic E-state index is 12.3. The third-order valence-corrected chi connectivity index (χ3v) is 4.60. The second kappa shape index (κ2) is 12.8. The highest BCUT2D eigenvalue weighted by molar-refractivity contribution is 8.02. The summed E-state index contributed by atoms with van der Waals surface area (Å²) < 4.78 is 5.11. The maximum Gasteiger partial charge on any atom is 0.340 e. The molecule has 0 bridgehead atoms. The number of hydrogen-bond donors (Lipinski definition) is 1. The molecule has 140 valence electrons. The normalized spacial score (nSPS) is 16.9. The zero-order valence-electron chi connectivity index (χ0n) is 15.5. The van der Waals surface area contributed by atoms with Crippen LogP contribution in [0.2, 0.25) is 0 Å². The maximum absolute atomic E-state index is 12.3. The quantitative estimate of drug-likeness (QED) is 0.386. The Bertz CT molecular complexity index is 521. The lowest BCUT2D eigenvalue weighted by Crippen LogP contribution is -2.34. The molecule has 1 fully saturated rings. The lowest BCUT2D eigenvalue weighted by Gasteiger charge is -2.26. The molecule has 1 amide bonds. The molecule has 1 heterocycles. The van der Waals surface area contributed by atoms with Gasteiger partial charge in [0.25, 0.3) is 0 Å². The minimum atomic E-state index is -0.427. The average Bonchev–Trinajstić information content (AvgIpc) is 2.63. The van der Waals surface area contributed by atoms with Crippen LogP contribution in [0.3, 0.4) is 0 Å².